The molecule has 0 radical (unpaired) electrons. The van der Waals surface area contributed by atoms with Crippen molar-refractivity contribution in [3.8, 4) is 0 Å². The van der Waals surface area contributed by atoms with Crippen LogP contribution in [0.25, 0.3) is 10.9 Å². The zero-order valence-corrected chi connectivity index (χ0v) is 17.0. The van der Waals surface area contributed by atoms with Gasteiger partial charge >= 0.3 is 0 Å². The van der Waals surface area contributed by atoms with Crippen molar-refractivity contribution in [3.63, 3.8) is 0 Å². The molecule has 0 aliphatic carbocycles. The van der Waals surface area contributed by atoms with Gasteiger partial charge < -0.3 is 10.2 Å². The number of hydrogen-bond donors (Lipinski definition) is 1. The minimum atomic E-state index is -0.356. The molecule has 7 nitrogen and oxygen atoms in total. The molecule has 1 aliphatic heterocycles. The van der Waals surface area contributed by atoms with Gasteiger partial charge in [0.2, 0.25) is 5.95 Å². The van der Waals surface area contributed by atoms with Crippen LogP contribution in [0.5, 0.6) is 0 Å². The fraction of sp³-hybridized carbons (Fsp3) is 0.364. The van der Waals surface area contributed by atoms with Crippen molar-refractivity contribution in [3.05, 3.63) is 59.8 Å². The Kier molecular flexibility index (Phi) is 6.13. The predicted molar refractivity (Wildman–Crippen MR) is 114 cm³/mol. The van der Waals surface area contributed by atoms with Gasteiger partial charge in [0.15, 0.2) is 0 Å². The maximum atomic E-state index is 13.5. The van der Waals surface area contributed by atoms with Gasteiger partial charge in [-0.2, -0.15) is 0 Å². The Labute approximate surface area is 175 Å². The van der Waals surface area contributed by atoms with E-state index in [0.29, 0.717) is 28.7 Å². The smallest absolute Gasteiger partial charge is 0.252 e. The second-order valence-corrected chi connectivity index (χ2v) is 7.46. The number of piperazine rings is 1. The quantitative estimate of drug-likeness (QED) is 0.632. The molecule has 1 saturated heterocycles. The number of pyridine rings is 1. The normalized spacial score (nSPS) is 14.8. The average Bonchev–Trinajstić information content (AvgIpc) is 2.76. The number of hydrogen-bond acceptors (Lipinski definition) is 6. The van der Waals surface area contributed by atoms with Crippen LogP contribution in [-0.4, -0.2) is 65.0 Å². The van der Waals surface area contributed by atoms with E-state index in [4.69, 9.17) is 0 Å². The van der Waals surface area contributed by atoms with Crippen molar-refractivity contribution in [2.45, 2.75) is 13.3 Å². The molecule has 0 unspecified atom stereocenters. The lowest BCUT2D eigenvalue weighted by Gasteiger charge is -2.34. The molecule has 0 bridgehead atoms. The average molecular weight is 408 g/mol. The number of aromatic nitrogens is 3. The minimum absolute atomic E-state index is 0.150. The highest BCUT2D eigenvalue weighted by Crippen LogP contribution is 2.19. The van der Waals surface area contributed by atoms with E-state index < -0.39 is 0 Å². The van der Waals surface area contributed by atoms with Gasteiger partial charge in [-0.25, -0.2) is 14.4 Å². The zero-order valence-electron chi connectivity index (χ0n) is 17.0. The van der Waals surface area contributed by atoms with Crippen LogP contribution in [0.15, 0.2) is 42.7 Å². The lowest BCUT2D eigenvalue weighted by Crippen LogP contribution is -2.47. The first kappa shape index (κ1) is 20.2. The van der Waals surface area contributed by atoms with E-state index >= 15 is 0 Å². The van der Waals surface area contributed by atoms with E-state index in [-0.39, 0.29) is 11.7 Å². The lowest BCUT2D eigenvalue weighted by molar-refractivity contribution is 0.0953. The summed E-state index contributed by atoms with van der Waals surface area (Å²) in [7, 11) is 0. The third-order valence-corrected chi connectivity index (χ3v) is 5.29. The molecule has 1 N–H and O–H groups in total. The Balaban J connectivity index is 1.26. The standard InChI is InChI=1S/C22H25FN6O/c1-16-14-19(18-5-4-17(23)15-20(18)27-16)21(30)24-8-3-9-28-10-12-29(13-11-28)22-25-6-2-7-26-22/h2,4-7,14-15H,3,8-13H2,1H3,(H,24,30). The first-order valence-corrected chi connectivity index (χ1v) is 10.2. The molecule has 3 aromatic rings. The Hall–Kier alpha value is -3.13. The zero-order chi connectivity index (χ0) is 20.9. The SMILES string of the molecule is Cc1cc(C(=O)NCCCN2CCN(c3ncccn3)CC2)c2ccc(F)cc2n1. The summed E-state index contributed by atoms with van der Waals surface area (Å²) >= 11 is 0. The van der Waals surface area contributed by atoms with E-state index in [0.717, 1.165) is 45.1 Å². The van der Waals surface area contributed by atoms with Crippen molar-refractivity contribution in [2.75, 3.05) is 44.2 Å². The van der Waals surface area contributed by atoms with E-state index in [1.54, 1.807) is 31.5 Å². The second-order valence-electron chi connectivity index (χ2n) is 7.46. The molecule has 1 aliphatic rings. The molecule has 4 rings (SSSR count). The van der Waals surface area contributed by atoms with Gasteiger partial charge in [-0.05, 0) is 44.2 Å². The number of nitrogens with zero attached hydrogens (tertiary/aromatic N) is 5. The van der Waals surface area contributed by atoms with Crippen LogP contribution in [0.4, 0.5) is 10.3 Å². The summed E-state index contributed by atoms with van der Waals surface area (Å²) in [6.45, 7) is 7.01. The highest BCUT2D eigenvalue weighted by Gasteiger charge is 2.18. The third-order valence-electron chi connectivity index (χ3n) is 5.29. The van der Waals surface area contributed by atoms with Gasteiger partial charge in [-0.1, -0.05) is 0 Å². The topological polar surface area (TPSA) is 74.2 Å². The second kappa shape index (κ2) is 9.13. The lowest BCUT2D eigenvalue weighted by atomic mass is 10.1. The van der Waals surface area contributed by atoms with Crippen molar-refractivity contribution in [1.29, 1.82) is 0 Å². The van der Waals surface area contributed by atoms with Gasteiger partial charge in [0.25, 0.3) is 5.91 Å². The van der Waals surface area contributed by atoms with Crippen molar-refractivity contribution < 1.29 is 9.18 Å². The maximum absolute atomic E-state index is 13.5. The molecule has 30 heavy (non-hydrogen) atoms. The number of rotatable bonds is 6. The van der Waals surface area contributed by atoms with E-state index in [2.05, 4.69) is 30.1 Å². The first-order valence-electron chi connectivity index (χ1n) is 10.2. The van der Waals surface area contributed by atoms with Crippen LogP contribution in [-0.2, 0) is 0 Å². The monoisotopic (exact) mass is 408 g/mol. The molecule has 156 valence electrons. The fourth-order valence-electron chi connectivity index (χ4n) is 3.75. The number of anilines is 1. The number of carbonyl (C=O) groups is 1. The van der Waals surface area contributed by atoms with Gasteiger partial charge in [-0.3, -0.25) is 14.7 Å². The number of fused-ring (bicyclic) bond motifs is 1. The summed E-state index contributed by atoms with van der Waals surface area (Å²) in [5.41, 5.74) is 1.73. The number of nitrogens with one attached hydrogen (secondary N) is 1. The van der Waals surface area contributed by atoms with Crippen LogP contribution < -0.4 is 10.2 Å². The molecule has 1 aromatic carbocycles. The maximum Gasteiger partial charge on any atom is 0.252 e. The number of benzene rings is 1. The molecule has 0 atom stereocenters. The number of aryl methyl sites for hydroxylation is 1. The Morgan fingerprint density at radius 3 is 2.67 bits per heavy atom. The summed E-state index contributed by atoms with van der Waals surface area (Å²) in [6.07, 6.45) is 4.40. The third kappa shape index (κ3) is 4.71. The molecule has 3 heterocycles. The van der Waals surface area contributed by atoms with Gasteiger partial charge in [0, 0.05) is 62.3 Å². The van der Waals surface area contributed by atoms with E-state index in [9.17, 15) is 9.18 Å². The highest BCUT2D eigenvalue weighted by atomic mass is 19.1. The molecule has 0 spiro atoms. The van der Waals surface area contributed by atoms with E-state index in [1.165, 1.54) is 12.1 Å². The molecule has 1 fully saturated rings. The van der Waals surface area contributed by atoms with Crippen molar-refractivity contribution in [2.24, 2.45) is 0 Å². The Morgan fingerprint density at radius 2 is 1.90 bits per heavy atom. The molecule has 2 aromatic heterocycles. The van der Waals surface area contributed by atoms with Crippen LogP contribution in [0.2, 0.25) is 0 Å². The van der Waals surface area contributed by atoms with Crippen LogP contribution in [0.3, 0.4) is 0 Å². The number of halogens is 1. The molecule has 8 heteroatoms. The predicted octanol–water partition coefficient (Wildman–Crippen LogP) is 2.41. The first-order chi connectivity index (χ1) is 14.6. The number of amides is 1. The van der Waals surface area contributed by atoms with Crippen molar-refractivity contribution in [1.82, 2.24) is 25.2 Å². The molecule has 0 saturated carbocycles. The highest BCUT2D eigenvalue weighted by molar-refractivity contribution is 6.06. The summed E-state index contributed by atoms with van der Waals surface area (Å²) in [5, 5.41) is 3.66. The largest absolute Gasteiger partial charge is 0.352 e. The Bertz CT molecular complexity index is 1020. The Morgan fingerprint density at radius 1 is 1.13 bits per heavy atom. The van der Waals surface area contributed by atoms with Crippen LogP contribution in [0.1, 0.15) is 22.5 Å². The van der Waals surface area contributed by atoms with Crippen LogP contribution >= 0.6 is 0 Å². The summed E-state index contributed by atoms with van der Waals surface area (Å²) in [6, 6.07) is 7.90. The van der Waals surface area contributed by atoms with Crippen LogP contribution in [0, 0.1) is 12.7 Å². The number of carbonyl (C=O) groups excluding carboxylic acids is 1. The summed E-state index contributed by atoms with van der Waals surface area (Å²) in [4.78, 5) is 30.2. The summed E-state index contributed by atoms with van der Waals surface area (Å²) < 4.78 is 13.5. The summed E-state index contributed by atoms with van der Waals surface area (Å²) in [5.74, 6) is 0.276. The van der Waals surface area contributed by atoms with E-state index in [1.807, 2.05) is 6.07 Å². The van der Waals surface area contributed by atoms with Gasteiger partial charge in [0.1, 0.15) is 5.82 Å². The van der Waals surface area contributed by atoms with Gasteiger partial charge in [0.05, 0.1) is 11.1 Å². The van der Waals surface area contributed by atoms with Crippen molar-refractivity contribution >= 4 is 22.8 Å². The molecule has 1 amide bonds. The molecular formula is C22H25FN6O. The fourth-order valence-corrected chi connectivity index (χ4v) is 3.75. The minimum Gasteiger partial charge on any atom is -0.352 e. The molecular weight excluding hydrogens is 383 g/mol. The van der Waals surface area contributed by atoms with Gasteiger partial charge in [-0.15, -0.1) is 0 Å².